The van der Waals surface area contributed by atoms with E-state index in [1.54, 1.807) is 6.07 Å². The molecule has 4 N–H and O–H groups in total. The van der Waals surface area contributed by atoms with Crippen molar-refractivity contribution < 1.29 is 10.0 Å². The predicted molar refractivity (Wildman–Crippen MR) is 71.7 cm³/mol. The molecular weight excluding hydrogens is 248 g/mol. The molecule has 0 amide bonds. The van der Waals surface area contributed by atoms with Gasteiger partial charge in [0.25, 0.3) is 0 Å². The van der Waals surface area contributed by atoms with E-state index in [2.05, 4.69) is 10.3 Å². The first-order valence-electron chi connectivity index (χ1n) is 6.37. The van der Waals surface area contributed by atoms with E-state index in [0.717, 1.165) is 19.3 Å². The first-order valence-corrected chi connectivity index (χ1v) is 6.37. The van der Waals surface area contributed by atoms with Gasteiger partial charge in [-0.1, -0.05) is 6.42 Å². The van der Waals surface area contributed by atoms with Gasteiger partial charge in [-0.25, -0.2) is 4.98 Å². The first kappa shape index (κ1) is 13.5. The van der Waals surface area contributed by atoms with Gasteiger partial charge in [0.05, 0.1) is 4.92 Å². The first-order chi connectivity index (χ1) is 9.11. The Morgan fingerprint density at radius 2 is 2.21 bits per heavy atom. The molecule has 1 heterocycles. The Hall–Kier alpha value is -1.89. The molecule has 2 unspecified atom stereocenters. The van der Waals surface area contributed by atoms with E-state index in [1.807, 2.05) is 0 Å². The summed E-state index contributed by atoms with van der Waals surface area (Å²) in [6.07, 6.45) is 3.27. The molecule has 19 heavy (non-hydrogen) atoms. The lowest BCUT2D eigenvalue weighted by atomic mass is 9.97. The number of nitro groups is 1. The summed E-state index contributed by atoms with van der Waals surface area (Å²) in [5.41, 5.74) is 5.35. The van der Waals surface area contributed by atoms with Crippen molar-refractivity contribution in [2.24, 2.45) is 11.8 Å². The molecule has 1 fully saturated rings. The molecular formula is C12H18N4O3. The van der Waals surface area contributed by atoms with Crippen LogP contribution in [0.3, 0.4) is 0 Å². The molecule has 104 valence electrons. The van der Waals surface area contributed by atoms with E-state index in [9.17, 15) is 15.2 Å². The highest BCUT2D eigenvalue weighted by atomic mass is 16.6. The van der Waals surface area contributed by atoms with Crippen molar-refractivity contribution in [3.8, 4) is 0 Å². The molecule has 0 bridgehead atoms. The fraction of sp³-hybridized carbons (Fsp3) is 0.583. The van der Waals surface area contributed by atoms with Gasteiger partial charge in [-0.05, 0) is 30.7 Å². The Labute approximate surface area is 111 Å². The minimum atomic E-state index is -0.551. The minimum Gasteiger partial charge on any atom is -0.396 e. The average Bonchev–Trinajstić information content (AvgIpc) is 2.83. The fourth-order valence-corrected chi connectivity index (χ4v) is 2.58. The summed E-state index contributed by atoms with van der Waals surface area (Å²) < 4.78 is 0. The number of aromatic nitrogens is 1. The molecule has 1 aromatic rings. The SMILES string of the molecule is Nc1nc(NCC2CCCC2CO)ccc1[N+](=O)[O-]. The van der Waals surface area contributed by atoms with Crippen molar-refractivity contribution in [3.05, 3.63) is 22.2 Å². The number of nitrogen functional groups attached to an aromatic ring is 1. The molecule has 2 rings (SSSR count). The smallest absolute Gasteiger partial charge is 0.311 e. The van der Waals surface area contributed by atoms with Gasteiger partial charge in [-0.2, -0.15) is 0 Å². The van der Waals surface area contributed by atoms with Crippen LogP contribution in [0, 0.1) is 22.0 Å². The van der Waals surface area contributed by atoms with Crippen molar-refractivity contribution in [1.82, 2.24) is 4.98 Å². The van der Waals surface area contributed by atoms with E-state index in [0.29, 0.717) is 24.2 Å². The molecule has 1 aliphatic rings. The lowest BCUT2D eigenvalue weighted by molar-refractivity contribution is -0.384. The second-order valence-electron chi connectivity index (χ2n) is 4.87. The number of hydrogen-bond donors (Lipinski definition) is 3. The molecule has 0 aromatic carbocycles. The number of hydrogen-bond acceptors (Lipinski definition) is 6. The van der Waals surface area contributed by atoms with E-state index >= 15 is 0 Å². The summed E-state index contributed by atoms with van der Waals surface area (Å²) in [5.74, 6) is 1.21. The number of aliphatic hydroxyl groups is 1. The van der Waals surface area contributed by atoms with Gasteiger partial charge in [0.1, 0.15) is 5.82 Å². The van der Waals surface area contributed by atoms with Crippen LogP contribution in [-0.4, -0.2) is 28.2 Å². The predicted octanol–water partition coefficient (Wildman–Crippen LogP) is 1.39. The Kier molecular flexibility index (Phi) is 4.16. The molecule has 2 atom stereocenters. The van der Waals surface area contributed by atoms with Gasteiger partial charge in [0.2, 0.25) is 5.82 Å². The monoisotopic (exact) mass is 266 g/mol. The number of anilines is 2. The Bertz CT molecular complexity index is 466. The van der Waals surface area contributed by atoms with E-state index in [1.165, 1.54) is 6.07 Å². The third-order valence-corrected chi connectivity index (χ3v) is 3.70. The molecule has 1 aromatic heterocycles. The number of nitrogens with two attached hydrogens (primary N) is 1. The number of rotatable bonds is 5. The third-order valence-electron chi connectivity index (χ3n) is 3.70. The molecule has 0 saturated heterocycles. The summed E-state index contributed by atoms with van der Waals surface area (Å²) in [4.78, 5) is 14.0. The molecule has 7 nitrogen and oxygen atoms in total. The van der Waals surface area contributed by atoms with Gasteiger partial charge in [-0.3, -0.25) is 10.1 Å². The van der Waals surface area contributed by atoms with Crippen LogP contribution in [-0.2, 0) is 0 Å². The highest BCUT2D eigenvalue weighted by Crippen LogP contribution is 2.31. The molecule has 0 radical (unpaired) electrons. The largest absolute Gasteiger partial charge is 0.396 e. The highest BCUT2D eigenvalue weighted by Gasteiger charge is 2.26. The van der Waals surface area contributed by atoms with Gasteiger partial charge in [0, 0.05) is 19.2 Å². The zero-order chi connectivity index (χ0) is 13.8. The average molecular weight is 266 g/mol. The molecule has 7 heteroatoms. The van der Waals surface area contributed by atoms with E-state index in [-0.39, 0.29) is 18.1 Å². The molecule has 1 aliphatic carbocycles. The van der Waals surface area contributed by atoms with Gasteiger partial charge in [0.15, 0.2) is 0 Å². The van der Waals surface area contributed by atoms with Crippen LogP contribution in [0.2, 0.25) is 0 Å². The van der Waals surface area contributed by atoms with Crippen LogP contribution < -0.4 is 11.1 Å². The Balaban J connectivity index is 1.96. The van der Waals surface area contributed by atoms with Crippen LogP contribution >= 0.6 is 0 Å². The summed E-state index contributed by atoms with van der Waals surface area (Å²) in [5, 5.41) is 23.0. The molecule has 1 saturated carbocycles. The normalized spacial score (nSPS) is 22.4. The van der Waals surface area contributed by atoms with Crippen LogP contribution in [0.5, 0.6) is 0 Å². The lowest BCUT2D eigenvalue weighted by Crippen LogP contribution is -2.21. The summed E-state index contributed by atoms with van der Waals surface area (Å²) in [6, 6.07) is 2.90. The van der Waals surface area contributed by atoms with Gasteiger partial charge < -0.3 is 16.2 Å². The standard InChI is InChI=1S/C12H18N4O3/c13-12-10(16(18)19)4-5-11(15-12)14-6-8-2-1-3-9(8)7-17/h4-5,8-9,17H,1-3,6-7H2,(H3,13,14,15). The van der Waals surface area contributed by atoms with Crippen LogP contribution in [0.4, 0.5) is 17.3 Å². The maximum absolute atomic E-state index is 10.6. The Morgan fingerprint density at radius 3 is 2.84 bits per heavy atom. The van der Waals surface area contributed by atoms with E-state index in [4.69, 9.17) is 5.73 Å². The lowest BCUT2D eigenvalue weighted by Gasteiger charge is -2.18. The fourth-order valence-electron chi connectivity index (χ4n) is 2.58. The van der Waals surface area contributed by atoms with Crippen molar-refractivity contribution in [1.29, 1.82) is 0 Å². The maximum Gasteiger partial charge on any atom is 0.311 e. The van der Waals surface area contributed by atoms with Crippen molar-refractivity contribution in [3.63, 3.8) is 0 Å². The van der Waals surface area contributed by atoms with Crippen LogP contribution in [0.25, 0.3) is 0 Å². The summed E-state index contributed by atoms with van der Waals surface area (Å²) >= 11 is 0. The minimum absolute atomic E-state index is 0.0832. The number of nitrogens with one attached hydrogen (secondary N) is 1. The van der Waals surface area contributed by atoms with Crippen LogP contribution in [0.15, 0.2) is 12.1 Å². The van der Waals surface area contributed by atoms with Crippen molar-refractivity contribution in [2.75, 3.05) is 24.2 Å². The number of nitrogens with zero attached hydrogens (tertiary/aromatic N) is 2. The Morgan fingerprint density at radius 1 is 1.47 bits per heavy atom. The quantitative estimate of drug-likeness (QED) is 0.548. The summed E-state index contributed by atoms with van der Waals surface area (Å²) in [6.45, 7) is 0.914. The third kappa shape index (κ3) is 3.11. The maximum atomic E-state index is 10.6. The zero-order valence-electron chi connectivity index (χ0n) is 10.6. The zero-order valence-corrected chi connectivity index (χ0v) is 10.6. The number of aliphatic hydroxyl groups excluding tert-OH is 1. The van der Waals surface area contributed by atoms with Crippen molar-refractivity contribution in [2.45, 2.75) is 19.3 Å². The van der Waals surface area contributed by atoms with Crippen LogP contribution in [0.1, 0.15) is 19.3 Å². The second kappa shape index (κ2) is 5.83. The van der Waals surface area contributed by atoms with E-state index < -0.39 is 4.92 Å². The summed E-state index contributed by atoms with van der Waals surface area (Å²) in [7, 11) is 0. The van der Waals surface area contributed by atoms with Gasteiger partial charge >= 0.3 is 5.69 Å². The number of pyridine rings is 1. The topological polar surface area (TPSA) is 114 Å². The molecule has 0 aliphatic heterocycles. The molecule has 0 spiro atoms. The van der Waals surface area contributed by atoms with Gasteiger partial charge in [-0.15, -0.1) is 0 Å². The highest BCUT2D eigenvalue weighted by molar-refractivity contribution is 5.57. The second-order valence-corrected chi connectivity index (χ2v) is 4.87. The van der Waals surface area contributed by atoms with Crippen molar-refractivity contribution >= 4 is 17.3 Å².